The topological polar surface area (TPSA) is 0 Å². The molecular formula is CH8BCrCuFeNbSi. The van der Waals surface area contributed by atoms with E-state index in [2.05, 4.69) is 12.5 Å². The molecular weight excluding hydrogens is 315 g/mol. The van der Waals surface area contributed by atoms with Crippen LogP contribution in [0.1, 0.15) is 0 Å². The van der Waals surface area contributed by atoms with Gasteiger partial charge in [-0.1, -0.05) is 0 Å². The van der Waals surface area contributed by atoms with E-state index in [-0.39, 0.29) is 56.8 Å². The van der Waals surface area contributed by atoms with Crippen LogP contribution in [0.15, 0.2) is 0 Å². The van der Waals surface area contributed by atoms with Crippen LogP contribution in [-0.4, -0.2) is 15.5 Å². The molecule has 0 spiro atoms. The fourth-order valence-corrected chi connectivity index (χ4v) is 0. The molecule has 0 nitrogen and oxygen atoms in total. The summed E-state index contributed by atoms with van der Waals surface area (Å²) >= 11 is 0.826. The Bertz CT molecular complexity index is 24.4. The van der Waals surface area contributed by atoms with E-state index in [1.54, 1.807) is 0 Å². The Morgan fingerprint density at radius 1 is 1.57 bits per heavy atom. The Hall–Kier alpha value is 2.59. The molecule has 0 aliphatic heterocycles. The molecule has 0 aromatic carbocycles. The Kier molecular flexibility index (Phi) is 51.2. The Morgan fingerprint density at radius 3 is 1.57 bits per heavy atom. The number of rotatable bonds is 0. The van der Waals surface area contributed by atoms with Gasteiger partial charge in [0.1, 0.15) is 0 Å². The second-order valence-electron chi connectivity index (χ2n) is 0.905. The van der Waals surface area contributed by atoms with Gasteiger partial charge in [0.25, 0.3) is 0 Å². The van der Waals surface area contributed by atoms with Crippen LogP contribution in [0.5, 0.6) is 0 Å². The molecule has 49 valence electrons. The van der Waals surface area contributed by atoms with E-state index < -0.39 is 0 Å². The van der Waals surface area contributed by atoms with Crippen molar-refractivity contribution < 1.29 is 69.9 Å². The van der Waals surface area contributed by atoms with Crippen molar-refractivity contribution in [3.63, 3.8) is 0 Å². The number of hydrogen-bond acceptors (Lipinski definition) is 0. The van der Waals surface area contributed by atoms with Gasteiger partial charge in [-0.05, 0) is 0 Å². The van der Waals surface area contributed by atoms with Crippen molar-refractivity contribution in [2.45, 2.75) is 5.82 Å². The van der Waals surface area contributed by atoms with Crippen molar-refractivity contribution in [1.82, 2.24) is 0 Å². The number of hydrogen-bond donors (Lipinski definition) is 0. The summed E-state index contributed by atoms with van der Waals surface area (Å²) in [6.07, 6.45) is 0. The van der Waals surface area contributed by atoms with Crippen LogP contribution in [0.4, 0.5) is 0 Å². The third-order valence-corrected chi connectivity index (χ3v) is 0. The van der Waals surface area contributed by atoms with Gasteiger partial charge in [0.05, 0.1) is 0 Å². The van der Waals surface area contributed by atoms with Gasteiger partial charge in [0, 0.05) is 56.8 Å². The van der Waals surface area contributed by atoms with Crippen molar-refractivity contribution in [3.05, 3.63) is 0 Å². The summed E-state index contributed by atoms with van der Waals surface area (Å²) in [6, 6.07) is 0. The molecule has 0 heterocycles. The summed E-state index contributed by atoms with van der Waals surface area (Å²) in [5.41, 5.74) is 0. The first kappa shape index (κ1) is 22.6. The fraction of sp³-hybridized carbons (Fsp3) is 1.00. The zero-order chi connectivity index (χ0) is 3.58. The van der Waals surface area contributed by atoms with Crippen molar-refractivity contribution in [2.75, 3.05) is 0 Å². The van der Waals surface area contributed by atoms with E-state index in [0.717, 1.165) is 13.1 Å². The van der Waals surface area contributed by atoms with Gasteiger partial charge in [0.2, 0.25) is 0 Å². The third kappa shape index (κ3) is 55.5. The van der Waals surface area contributed by atoms with Gasteiger partial charge in [-0.25, -0.2) is 0 Å². The van der Waals surface area contributed by atoms with Gasteiger partial charge < -0.3 is 0 Å². The minimum atomic E-state index is 0. The smallest absolute Gasteiger partial charge is 0 e. The maximum atomic E-state index is 2.25. The van der Waals surface area contributed by atoms with Crippen molar-refractivity contribution in [3.8, 4) is 0 Å². The van der Waals surface area contributed by atoms with Crippen LogP contribution in [-0.2, 0) is 69.9 Å². The van der Waals surface area contributed by atoms with Gasteiger partial charge in [-0.15, -0.1) is 0 Å². The molecule has 6 heteroatoms. The molecule has 0 bridgehead atoms. The van der Waals surface area contributed by atoms with Crippen molar-refractivity contribution >= 4 is 15.5 Å². The molecule has 0 atom stereocenters. The predicted octanol–water partition coefficient (Wildman–Crippen LogP) is -1.53. The van der Waals surface area contributed by atoms with Crippen molar-refractivity contribution in [2.24, 2.45) is 0 Å². The molecule has 0 saturated heterocycles. The first-order valence-electron chi connectivity index (χ1n) is 0.905. The van der Waals surface area contributed by atoms with Crippen LogP contribution in [0.2, 0.25) is 5.82 Å². The molecule has 0 aliphatic rings. The van der Waals surface area contributed by atoms with E-state index >= 15 is 0 Å². The van der Waals surface area contributed by atoms with E-state index in [9.17, 15) is 0 Å². The van der Waals surface area contributed by atoms with Gasteiger partial charge in [-0.3, -0.25) is 0 Å². The molecule has 0 fully saturated rings. The van der Waals surface area contributed by atoms with Crippen LogP contribution >= 0.6 is 0 Å². The summed E-state index contributed by atoms with van der Waals surface area (Å²) < 4.78 is 0. The second kappa shape index (κ2) is 15.8. The first-order chi connectivity index (χ1) is 1.73. The molecule has 0 saturated carbocycles. The minimum absolute atomic E-state index is 0. The Labute approximate surface area is 90.1 Å². The molecule has 0 N–H and O–H groups in total. The van der Waals surface area contributed by atoms with Crippen molar-refractivity contribution in [1.29, 1.82) is 0 Å². The zero-order valence-electron chi connectivity index (χ0n) is 4.51. The van der Waals surface area contributed by atoms with Gasteiger partial charge in [0.15, 0.2) is 0 Å². The van der Waals surface area contributed by atoms with Crippen LogP contribution in [0, 0.1) is 0 Å². The SMILES string of the molecule is [BH2][Cu]([CH3])[SiH3].[Cr].[Fe].[Nb]. The minimum Gasteiger partial charge on any atom is 0 e. The maximum absolute atomic E-state index is 2.25. The summed E-state index contributed by atoms with van der Waals surface area (Å²) in [4.78, 5) is 0. The average molecular weight is 323 g/mol. The van der Waals surface area contributed by atoms with Gasteiger partial charge >= 0.3 is 34.4 Å². The monoisotopic (exact) mass is 323 g/mol. The van der Waals surface area contributed by atoms with Crippen LogP contribution in [0.3, 0.4) is 0 Å². The maximum Gasteiger partial charge on any atom is 0 e. The standard InChI is InChI=1S/CH3.BH2.Cr.Cu.Fe.Nb.H3Si/h1H3;1H2;;;;;1H3/q;+1;;-1;;;. The largest absolute Gasteiger partial charge is 0 e. The van der Waals surface area contributed by atoms with E-state index in [4.69, 9.17) is 0 Å². The molecule has 0 rings (SSSR count). The molecule has 7 heavy (non-hydrogen) atoms. The Balaban J connectivity index is -0.0000000150. The first-order valence-corrected chi connectivity index (χ1v) is 6.22. The normalized spacial score (nSPS) is 6.71. The average Bonchev–Trinajstić information content (AvgIpc) is 0.811. The molecule has 0 amide bonds. The van der Waals surface area contributed by atoms with E-state index in [0.29, 0.717) is 0 Å². The van der Waals surface area contributed by atoms with E-state index in [1.807, 2.05) is 0 Å². The van der Waals surface area contributed by atoms with E-state index in [1.165, 1.54) is 8.85 Å². The Morgan fingerprint density at radius 2 is 1.57 bits per heavy atom. The van der Waals surface area contributed by atoms with Crippen LogP contribution < -0.4 is 0 Å². The van der Waals surface area contributed by atoms with Crippen LogP contribution in [0.25, 0.3) is 0 Å². The summed E-state index contributed by atoms with van der Waals surface area (Å²) in [6.45, 7) is 2.25. The van der Waals surface area contributed by atoms with Gasteiger partial charge in [-0.2, -0.15) is 0 Å². The second-order valence-corrected chi connectivity index (χ2v) is 8.70. The molecule has 0 unspecified atom stereocenters. The third-order valence-electron chi connectivity index (χ3n) is 0. The molecule has 0 aromatic heterocycles. The fourth-order valence-electron chi connectivity index (χ4n) is 0. The predicted molar refractivity (Wildman–Crippen MR) is 24.3 cm³/mol. The molecule has 1 radical (unpaired) electrons. The molecule has 0 aliphatic carbocycles. The zero-order valence-corrected chi connectivity index (χ0v) is 12.0. The molecule has 0 aromatic rings. The quantitative estimate of drug-likeness (QED) is 0.475. The summed E-state index contributed by atoms with van der Waals surface area (Å²) in [5.74, 6) is 2.25. The summed E-state index contributed by atoms with van der Waals surface area (Å²) in [5, 5.41) is 0. The summed E-state index contributed by atoms with van der Waals surface area (Å²) in [7, 11) is 1.37.